The smallest absolute Gasteiger partial charge is 0.320 e. The van der Waals surface area contributed by atoms with Crippen LogP contribution in [0.2, 0.25) is 0 Å². The number of alkyl halides is 3. The van der Waals surface area contributed by atoms with E-state index in [1.54, 1.807) is 6.92 Å². The quantitative estimate of drug-likeness (QED) is 0.583. The number of nitrogens with one attached hydrogen (secondary N) is 1. The van der Waals surface area contributed by atoms with Gasteiger partial charge < -0.3 is 10.2 Å². The van der Waals surface area contributed by atoms with Crippen LogP contribution in [0.25, 0.3) is 0 Å². The third kappa shape index (κ3) is 3.92. The Bertz CT molecular complexity index is 1270. The molecule has 0 radical (unpaired) electrons. The maximum absolute atomic E-state index is 14.1. The monoisotopic (exact) mass is 465 g/mol. The number of rotatable bonds is 3. The van der Waals surface area contributed by atoms with Crippen LogP contribution in [0.15, 0.2) is 36.8 Å². The average molecular weight is 465 g/mol. The molecule has 0 unspecified atom stereocenters. The molecule has 2 aromatic heterocycles. The van der Waals surface area contributed by atoms with Gasteiger partial charge in [0.15, 0.2) is 0 Å². The van der Waals surface area contributed by atoms with Crippen molar-refractivity contribution in [1.82, 2.24) is 14.8 Å². The molecule has 2 amide bonds. The number of nitrogens with zero attached hydrogens (tertiary/aromatic N) is 4. The van der Waals surface area contributed by atoms with Gasteiger partial charge in [-0.2, -0.15) is 18.3 Å². The van der Waals surface area contributed by atoms with E-state index in [-0.39, 0.29) is 34.7 Å². The predicted molar refractivity (Wildman–Crippen MR) is 107 cm³/mol. The summed E-state index contributed by atoms with van der Waals surface area (Å²) in [5, 5.41) is 6.55. The zero-order valence-corrected chi connectivity index (χ0v) is 17.2. The maximum Gasteiger partial charge on any atom is 0.419 e. The molecule has 1 aliphatic rings. The molecule has 1 atom stereocenters. The van der Waals surface area contributed by atoms with E-state index in [9.17, 15) is 31.5 Å². The number of amides is 2. The van der Waals surface area contributed by atoms with Crippen LogP contribution in [0.3, 0.4) is 0 Å². The van der Waals surface area contributed by atoms with E-state index < -0.39 is 41.2 Å². The van der Waals surface area contributed by atoms with Gasteiger partial charge in [-0.1, -0.05) is 0 Å². The molecule has 1 aliphatic heterocycles. The molecule has 0 aliphatic carbocycles. The van der Waals surface area contributed by atoms with Crippen molar-refractivity contribution in [2.75, 3.05) is 16.8 Å². The number of carbonyl (C=O) groups excluding carboxylic acids is 2. The van der Waals surface area contributed by atoms with Gasteiger partial charge >= 0.3 is 6.18 Å². The second-order valence-electron chi connectivity index (χ2n) is 7.53. The molecule has 1 aromatic carbocycles. The van der Waals surface area contributed by atoms with Gasteiger partial charge in [-0.05, 0) is 32.0 Å². The third-order valence-corrected chi connectivity index (χ3v) is 5.32. The van der Waals surface area contributed by atoms with Crippen LogP contribution in [0, 0.1) is 18.6 Å². The molecule has 4 rings (SSSR count). The zero-order chi connectivity index (χ0) is 24.1. The summed E-state index contributed by atoms with van der Waals surface area (Å²) in [6.45, 7) is 3.11. The molecule has 33 heavy (non-hydrogen) atoms. The molecular formula is C21H16F5N5O2. The summed E-state index contributed by atoms with van der Waals surface area (Å²) in [5.41, 5.74) is -1.57. The lowest BCUT2D eigenvalue weighted by Crippen LogP contribution is -2.43. The first-order chi connectivity index (χ1) is 15.5. The zero-order valence-electron chi connectivity index (χ0n) is 17.2. The van der Waals surface area contributed by atoms with E-state index in [1.165, 1.54) is 17.8 Å². The Morgan fingerprint density at radius 2 is 1.88 bits per heavy atom. The van der Waals surface area contributed by atoms with Crippen molar-refractivity contribution in [3.63, 3.8) is 0 Å². The van der Waals surface area contributed by atoms with Crippen molar-refractivity contribution in [2.24, 2.45) is 0 Å². The van der Waals surface area contributed by atoms with Gasteiger partial charge in [0.05, 0.1) is 41.4 Å². The predicted octanol–water partition coefficient (Wildman–Crippen LogP) is 4.36. The van der Waals surface area contributed by atoms with Crippen LogP contribution in [0.5, 0.6) is 0 Å². The van der Waals surface area contributed by atoms with E-state index in [2.05, 4.69) is 15.4 Å². The number of fused-ring (bicyclic) bond motifs is 1. The molecule has 172 valence electrons. The van der Waals surface area contributed by atoms with Crippen LogP contribution in [0.4, 0.5) is 33.3 Å². The number of hydrogen-bond donors (Lipinski definition) is 1. The number of benzene rings is 1. The highest BCUT2D eigenvalue weighted by Gasteiger charge is 2.37. The van der Waals surface area contributed by atoms with Crippen molar-refractivity contribution < 1.29 is 31.5 Å². The normalized spacial score (nSPS) is 16.0. The summed E-state index contributed by atoms with van der Waals surface area (Å²) in [5.74, 6) is -3.66. The van der Waals surface area contributed by atoms with Crippen LogP contribution >= 0.6 is 0 Å². The molecule has 0 fully saturated rings. The summed E-state index contributed by atoms with van der Waals surface area (Å²) < 4.78 is 67.8. The van der Waals surface area contributed by atoms with Crippen LogP contribution in [0.1, 0.15) is 44.9 Å². The highest BCUT2D eigenvalue weighted by atomic mass is 19.4. The SMILES string of the molecule is Cc1c(F)cncc1NC(=O)c1cnn2c1C(=O)N(c1ccc(C(F)(F)F)c(F)c1)C[C@@H]2C. The first-order valence-electron chi connectivity index (χ1n) is 9.66. The minimum atomic E-state index is -4.88. The lowest BCUT2D eigenvalue weighted by atomic mass is 10.1. The average Bonchev–Trinajstić information content (AvgIpc) is 3.19. The van der Waals surface area contributed by atoms with Crippen molar-refractivity contribution in [3.05, 3.63) is 70.8 Å². The van der Waals surface area contributed by atoms with Gasteiger partial charge in [0.1, 0.15) is 17.3 Å². The maximum atomic E-state index is 14.1. The fourth-order valence-corrected chi connectivity index (χ4v) is 3.57. The van der Waals surface area contributed by atoms with E-state index in [1.807, 2.05) is 0 Å². The van der Waals surface area contributed by atoms with Crippen molar-refractivity contribution in [3.8, 4) is 0 Å². The number of hydrogen-bond acceptors (Lipinski definition) is 4. The lowest BCUT2D eigenvalue weighted by molar-refractivity contribution is -0.139. The van der Waals surface area contributed by atoms with Gasteiger partial charge in [0, 0.05) is 17.8 Å². The molecule has 3 heterocycles. The van der Waals surface area contributed by atoms with Gasteiger partial charge in [0.25, 0.3) is 11.8 Å². The Morgan fingerprint density at radius 1 is 1.15 bits per heavy atom. The Morgan fingerprint density at radius 3 is 2.55 bits per heavy atom. The topological polar surface area (TPSA) is 80.1 Å². The Hall–Kier alpha value is -3.83. The van der Waals surface area contributed by atoms with Crippen LogP contribution in [-0.4, -0.2) is 33.1 Å². The highest BCUT2D eigenvalue weighted by molar-refractivity contribution is 6.15. The number of aromatic nitrogens is 3. The Balaban J connectivity index is 1.68. The minimum absolute atomic E-state index is 0.00764. The number of pyridine rings is 1. The summed E-state index contributed by atoms with van der Waals surface area (Å²) in [7, 11) is 0. The van der Waals surface area contributed by atoms with E-state index >= 15 is 0 Å². The van der Waals surface area contributed by atoms with Crippen molar-refractivity contribution in [2.45, 2.75) is 26.1 Å². The minimum Gasteiger partial charge on any atom is -0.320 e. The molecule has 0 saturated heterocycles. The Kier molecular flexibility index (Phi) is 5.38. The summed E-state index contributed by atoms with van der Waals surface area (Å²) in [6, 6.07) is 1.70. The van der Waals surface area contributed by atoms with Gasteiger partial charge in [-0.3, -0.25) is 19.3 Å². The standard InChI is InChI=1S/C21H16F5N5O2/c1-10-9-30(12-3-4-14(15(22)5-12)21(24,25)26)20(33)18-13(6-28-31(10)18)19(32)29-17-8-27-7-16(23)11(17)2/h3-8,10H,9H2,1-2H3,(H,29,32)/t10-/m0/s1. The van der Waals surface area contributed by atoms with Gasteiger partial charge in [0.2, 0.25) is 0 Å². The molecule has 1 N–H and O–H groups in total. The first kappa shape index (κ1) is 22.4. The molecule has 7 nitrogen and oxygen atoms in total. The van der Waals surface area contributed by atoms with E-state index in [0.29, 0.717) is 12.1 Å². The summed E-state index contributed by atoms with van der Waals surface area (Å²) in [4.78, 5) is 30.8. The number of anilines is 2. The lowest BCUT2D eigenvalue weighted by Gasteiger charge is -2.32. The van der Waals surface area contributed by atoms with E-state index in [4.69, 9.17) is 0 Å². The number of halogens is 5. The number of carbonyl (C=O) groups is 2. The molecular weight excluding hydrogens is 449 g/mol. The van der Waals surface area contributed by atoms with Crippen LogP contribution < -0.4 is 10.2 Å². The van der Waals surface area contributed by atoms with Crippen molar-refractivity contribution in [1.29, 1.82) is 0 Å². The largest absolute Gasteiger partial charge is 0.419 e. The summed E-state index contributed by atoms with van der Waals surface area (Å²) in [6.07, 6.45) is -1.49. The third-order valence-electron chi connectivity index (χ3n) is 5.32. The molecule has 3 aromatic rings. The second-order valence-corrected chi connectivity index (χ2v) is 7.53. The fraction of sp³-hybridized carbons (Fsp3) is 0.238. The van der Waals surface area contributed by atoms with E-state index in [0.717, 1.165) is 23.4 Å². The van der Waals surface area contributed by atoms with Gasteiger partial charge in [-0.25, -0.2) is 8.78 Å². The van der Waals surface area contributed by atoms with Crippen molar-refractivity contribution >= 4 is 23.2 Å². The molecule has 0 saturated carbocycles. The Labute approximate surface area is 183 Å². The molecule has 0 bridgehead atoms. The first-order valence-corrected chi connectivity index (χ1v) is 9.66. The fourth-order valence-electron chi connectivity index (χ4n) is 3.57. The van der Waals surface area contributed by atoms with Crippen LogP contribution in [-0.2, 0) is 6.18 Å². The molecule has 12 heteroatoms. The van der Waals surface area contributed by atoms with Gasteiger partial charge in [-0.15, -0.1) is 0 Å². The highest BCUT2D eigenvalue weighted by Crippen LogP contribution is 2.35. The second kappa shape index (κ2) is 7.94. The molecule has 0 spiro atoms. The summed E-state index contributed by atoms with van der Waals surface area (Å²) >= 11 is 0.